The number of likely N-dealkylation sites (tertiary alicyclic amines) is 1. The molecule has 0 aromatic heterocycles. The number of nitrogens with zero attached hydrogens (tertiary/aromatic N) is 1. The topological polar surface area (TPSA) is 69.6 Å². The van der Waals surface area contributed by atoms with Crippen LogP contribution in [-0.2, 0) is 16.8 Å². The summed E-state index contributed by atoms with van der Waals surface area (Å²) in [5, 5.41) is 12.6. The van der Waals surface area contributed by atoms with Crippen LogP contribution in [0.15, 0.2) is 66.7 Å². The quantitative estimate of drug-likeness (QED) is 0.439. The van der Waals surface area contributed by atoms with Crippen LogP contribution in [0.1, 0.15) is 72.3 Å². The molecular formula is C31H35FN2O3. The van der Waals surface area contributed by atoms with E-state index in [0.29, 0.717) is 30.6 Å². The molecule has 2 N–H and O–H groups in total. The van der Waals surface area contributed by atoms with Crippen LogP contribution in [0.25, 0.3) is 0 Å². The van der Waals surface area contributed by atoms with Crippen molar-refractivity contribution in [1.82, 2.24) is 4.90 Å². The average molecular weight is 503 g/mol. The summed E-state index contributed by atoms with van der Waals surface area (Å²) < 4.78 is 14.8. The molecule has 0 bridgehead atoms. The fourth-order valence-corrected chi connectivity index (χ4v) is 5.08. The van der Waals surface area contributed by atoms with Gasteiger partial charge in [0.2, 0.25) is 5.91 Å². The van der Waals surface area contributed by atoms with Crippen molar-refractivity contribution in [3.63, 3.8) is 0 Å². The summed E-state index contributed by atoms with van der Waals surface area (Å²) in [5.41, 5.74) is 3.87. The third kappa shape index (κ3) is 5.75. The molecule has 37 heavy (non-hydrogen) atoms. The summed E-state index contributed by atoms with van der Waals surface area (Å²) in [6.45, 7) is 8.40. The van der Waals surface area contributed by atoms with E-state index in [1.165, 1.54) is 6.07 Å². The van der Waals surface area contributed by atoms with Crippen LogP contribution < -0.4 is 5.32 Å². The van der Waals surface area contributed by atoms with Crippen LogP contribution in [-0.4, -0.2) is 28.4 Å². The first-order chi connectivity index (χ1) is 17.6. The van der Waals surface area contributed by atoms with Gasteiger partial charge in [0.05, 0.1) is 24.1 Å². The first-order valence-corrected chi connectivity index (χ1v) is 12.8. The molecule has 194 valence electrons. The van der Waals surface area contributed by atoms with Crippen LogP contribution in [0.3, 0.4) is 0 Å². The Labute approximate surface area is 218 Å². The van der Waals surface area contributed by atoms with Gasteiger partial charge in [0.15, 0.2) is 0 Å². The summed E-state index contributed by atoms with van der Waals surface area (Å²) in [4.78, 5) is 29.1. The maximum atomic E-state index is 14.8. The van der Waals surface area contributed by atoms with E-state index >= 15 is 0 Å². The van der Waals surface area contributed by atoms with Gasteiger partial charge in [0.25, 0.3) is 5.91 Å². The highest BCUT2D eigenvalue weighted by atomic mass is 19.1. The lowest BCUT2D eigenvalue weighted by molar-refractivity contribution is -0.123. The maximum Gasteiger partial charge on any atom is 0.257 e. The molecule has 1 heterocycles. The molecule has 3 aromatic carbocycles. The van der Waals surface area contributed by atoms with Crippen molar-refractivity contribution in [2.45, 2.75) is 58.6 Å². The Bertz CT molecular complexity index is 1260. The van der Waals surface area contributed by atoms with Crippen molar-refractivity contribution >= 4 is 17.5 Å². The van der Waals surface area contributed by atoms with Gasteiger partial charge >= 0.3 is 0 Å². The van der Waals surface area contributed by atoms with Crippen molar-refractivity contribution in [3.05, 3.63) is 100 Å². The van der Waals surface area contributed by atoms with Gasteiger partial charge in [-0.3, -0.25) is 9.59 Å². The van der Waals surface area contributed by atoms with Gasteiger partial charge < -0.3 is 15.3 Å². The molecule has 1 saturated heterocycles. The molecule has 1 fully saturated rings. The molecular weight excluding hydrogens is 467 g/mol. The highest BCUT2D eigenvalue weighted by Gasteiger charge is 2.40. The zero-order valence-corrected chi connectivity index (χ0v) is 21.9. The number of carbonyl (C=O) groups is 2. The predicted molar refractivity (Wildman–Crippen MR) is 144 cm³/mol. The number of aliphatic hydroxyl groups is 1. The number of amides is 2. The Morgan fingerprint density at radius 1 is 1.05 bits per heavy atom. The minimum absolute atomic E-state index is 0.0402. The molecule has 1 aliphatic heterocycles. The zero-order chi connectivity index (χ0) is 26.7. The lowest BCUT2D eigenvalue weighted by Gasteiger charge is -2.41. The van der Waals surface area contributed by atoms with Gasteiger partial charge in [-0.05, 0) is 65.6 Å². The second-order valence-corrected chi connectivity index (χ2v) is 10.8. The Kier molecular flexibility index (Phi) is 7.79. The number of hydrogen-bond acceptors (Lipinski definition) is 3. The number of piperidine rings is 1. The number of anilines is 1. The molecule has 0 spiro atoms. The minimum atomic E-state index is -0.571. The Morgan fingerprint density at radius 2 is 1.76 bits per heavy atom. The monoisotopic (exact) mass is 502 g/mol. The summed E-state index contributed by atoms with van der Waals surface area (Å²) in [5.74, 6) is -1.68. The molecule has 5 nitrogen and oxygen atoms in total. The summed E-state index contributed by atoms with van der Waals surface area (Å²) >= 11 is 0. The molecule has 0 aliphatic carbocycles. The largest absolute Gasteiger partial charge is 0.392 e. The minimum Gasteiger partial charge on any atom is -0.392 e. The van der Waals surface area contributed by atoms with Gasteiger partial charge in [0, 0.05) is 12.2 Å². The van der Waals surface area contributed by atoms with Crippen molar-refractivity contribution in [2.75, 3.05) is 11.9 Å². The van der Waals surface area contributed by atoms with E-state index in [1.807, 2.05) is 36.4 Å². The predicted octanol–water partition coefficient (Wildman–Crippen LogP) is 6.16. The lowest BCUT2D eigenvalue weighted by atomic mass is 9.83. The number of halogens is 1. The highest BCUT2D eigenvalue weighted by molar-refractivity contribution is 5.98. The molecule has 2 amide bonds. The van der Waals surface area contributed by atoms with Gasteiger partial charge in [-0.1, -0.05) is 69.3 Å². The van der Waals surface area contributed by atoms with Crippen LogP contribution >= 0.6 is 0 Å². The second kappa shape index (κ2) is 10.9. The van der Waals surface area contributed by atoms with Gasteiger partial charge in [-0.25, -0.2) is 4.39 Å². The zero-order valence-electron chi connectivity index (χ0n) is 21.9. The molecule has 0 unspecified atom stereocenters. The number of aryl methyl sites for hydroxylation is 1. The number of rotatable bonds is 5. The third-order valence-electron chi connectivity index (χ3n) is 7.16. The van der Waals surface area contributed by atoms with Crippen LogP contribution in [0, 0.1) is 18.7 Å². The standard InChI is InChI=1S/C31H35FN2O3/c1-20-8-5-12-26(32)27(20)30(37)34-17-7-11-25(28(34)22-15-13-21(19-35)14-16-22)29(36)33-24-10-6-9-23(18-24)31(2,3)4/h5-6,8-10,12-16,18,25,28,35H,7,11,17,19H2,1-4H3,(H,33,36)/t25-,28-/m0/s1. The molecule has 4 rings (SSSR count). The van der Waals surface area contributed by atoms with Crippen molar-refractivity contribution in [1.29, 1.82) is 0 Å². The van der Waals surface area contributed by atoms with E-state index in [4.69, 9.17) is 0 Å². The highest BCUT2D eigenvalue weighted by Crippen LogP contribution is 2.39. The Balaban J connectivity index is 1.71. The molecule has 6 heteroatoms. The molecule has 0 saturated carbocycles. The number of benzene rings is 3. The van der Waals surface area contributed by atoms with Crippen LogP contribution in [0.2, 0.25) is 0 Å². The molecule has 1 aliphatic rings. The van der Waals surface area contributed by atoms with Gasteiger partial charge in [0.1, 0.15) is 5.82 Å². The number of nitrogens with one attached hydrogen (secondary N) is 1. The average Bonchev–Trinajstić information content (AvgIpc) is 2.87. The van der Waals surface area contributed by atoms with E-state index in [0.717, 1.165) is 16.7 Å². The maximum absolute atomic E-state index is 14.8. The molecule has 0 radical (unpaired) electrons. The van der Waals surface area contributed by atoms with Crippen molar-refractivity contribution in [2.24, 2.45) is 5.92 Å². The Hall–Kier alpha value is -3.51. The SMILES string of the molecule is Cc1cccc(F)c1C(=O)N1CCC[C@H](C(=O)Nc2cccc(C(C)(C)C)c2)[C@@H]1c1ccc(CO)cc1. The van der Waals surface area contributed by atoms with E-state index in [2.05, 4.69) is 26.1 Å². The third-order valence-corrected chi connectivity index (χ3v) is 7.16. The summed E-state index contributed by atoms with van der Waals surface area (Å²) in [6, 6.07) is 19.1. The number of aliphatic hydroxyl groups excluding tert-OH is 1. The van der Waals surface area contributed by atoms with Crippen molar-refractivity contribution in [3.8, 4) is 0 Å². The first-order valence-electron chi connectivity index (χ1n) is 12.8. The molecule has 3 aromatic rings. The summed E-state index contributed by atoms with van der Waals surface area (Å²) in [6.07, 6.45) is 1.22. The van der Waals surface area contributed by atoms with E-state index in [1.54, 1.807) is 36.1 Å². The fraction of sp³-hybridized carbons (Fsp3) is 0.355. The Morgan fingerprint density at radius 3 is 2.41 bits per heavy atom. The van der Waals surface area contributed by atoms with Gasteiger partial charge in [-0.15, -0.1) is 0 Å². The van der Waals surface area contributed by atoms with Crippen molar-refractivity contribution < 1.29 is 19.1 Å². The van der Waals surface area contributed by atoms with Crippen LogP contribution in [0.4, 0.5) is 10.1 Å². The van der Waals surface area contributed by atoms with Crippen LogP contribution in [0.5, 0.6) is 0 Å². The normalized spacial score (nSPS) is 17.9. The fourth-order valence-electron chi connectivity index (χ4n) is 5.08. The van der Waals surface area contributed by atoms with Gasteiger partial charge in [-0.2, -0.15) is 0 Å². The first kappa shape index (κ1) is 26.6. The van der Waals surface area contributed by atoms with E-state index in [-0.39, 0.29) is 23.5 Å². The number of hydrogen-bond donors (Lipinski definition) is 2. The van der Waals surface area contributed by atoms with E-state index in [9.17, 15) is 19.1 Å². The second-order valence-electron chi connectivity index (χ2n) is 10.8. The lowest BCUT2D eigenvalue weighted by Crippen LogP contribution is -2.46. The summed E-state index contributed by atoms with van der Waals surface area (Å²) in [7, 11) is 0. The smallest absolute Gasteiger partial charge is 0.257 e. The number of carbonyl (C=O) groups excluding carboxylic acids is 2. The van der Waals surface area contributed by atoms with E-state index < -0.39 is 23.7 Å². The molecule has 2 atom stereocenters.